The van der Waals surface area contributed by atoms with Crippen LogP contribution in [0, 0.1) is 29.1 Å². The maximum absolute atomic E-state index is 12.3. The highest BCUT2D eigenvalue weighted by Crippen LogP contribution is 2.51. The lowest BCUT2D eigenvalue weighted by Crippen LogP contribution is -2.54. The molecule has 2 saturated heterocycles. The van der Waals surface area contributed by atoms with Crippen molar-refractivity contribution in [1.29, 1.82) is 5.26 Å². The molecule has 2 unspecified atom stereocenters. The quantitative estimate of drug-likeness (QED) is 0.235. The molecule has 6 nitrogen and oxygen atoms in total. The van der Waals surface area contributed by atoms with E-state index >= 15 is 0 Å². The molecule has 0 amide bonds. The maximum atomic E-state index is 12.3. The molecule has 3 aliphatic rings. The molecule has 1 aromatic heterocycles. The lowest BCUT2D eigenvalue weighted by molar-refractivity contribution is -0.151. The first-order valence-corrected chi connectivity index (χ1v) is 16.7. The minimum atomic E-state index is -0.627. The highest BCUT2D eigenvalue weighted by molar-refractivity contribution is 7.99. The summed E-state index contributed by atoms with van der Waals surface area (Å²) in [4.78, 5) is 23.9. The Bertz CT molecular complexity index is 1380. The van der Waals surface area contributed by atoms with Crippen LogP contribution in [0.25, 0.3) is 0 Å². The number of rotatable bonds is 10. The second-order valence-electron chi connectivity index (χ2n) is 12.4. The number of ether oxygens (including phenoxy) is 1. The van der Waals surface area contributed by atoms with E-state index in [1.807, 2.05) is 49.6 Å². The summed E-state index contributed by atoms with van der Waals surface area (Å²) in [6.07, 6.45) is 8.67. The van der Waals surface area contributed by atoms with Crippen LogP contribution in [-0.4, -0.2) is 54.7 Å². The molecule has 0 bridgehead atoms. The molecular weight excluding hydrogens is 552 g/mol. The molecule has 3 fully saturated rings. The van der Waals surface area contributed by atoms with Gasteiger partial charge in [0.25, 0.3) is 0 Å². The first-order chi connectivity index (χ1) is 21.1. The topological polar surface area (TPSA) is 69.5 Å². The molecule has 224 valence electrons. The number of anilines is 1. The van der Waals surface area contributed by atoms with E-state index in [-0.39, 0.29) is 23.9 Å². The smallest absolute Gasteiger partial charge is 0.305 e. The second kappa shape index (κ2) is 13.5. The van der Waals surface area contributed by atoms with Crippen LogP contribution in [-0.2, 0) is 14.9 Å². The van der Waals surface area contributed by atoms with Gasteiger partial charge in [-0.15, -0.1) is 0 Å². The van der Waals surface area contributed by atoms with Gasteiger partial charge in [-0.3, -0.25) is 9.78 Å². The fourth-order valence-corrected chi connectivity index (χ4v) is 8.45. The molecule has 3 heterocycles. The summed E-state index contributed by atoms with van der Waals surface area (Å²) in [6.45, 7) is 7.18. The van der Waals surface area contributed by atoms with Crippen LogP contribution in [0.3, 0.4) is 0 Å². The Morgan fingerprint density at radius 3 is 2.35 bits per heavy atom. The number of likely N-dealkylation sites (tertiary alicyclic amines) is 1. The Kier molecular flexibility index (Phi) is 9.35. The predicted molar refractivity (Wildman–Crippen MR) is 171 cm³/mol. The Labute approximate surface area is 260 Å². The van der Waals surface area contributed by atoms with Gasteiger partial charge in [-0.2, -0.15) is 5.26 Å². The summed E-state index contributed by atoms with van der Waals surface area (Å²) in [6, 6.07) is 26.2. The molecule has 43 heavy (non-hydrogen) atoms. The number of benzene rings is 2. The monoisotopic (exact) mass is 594 g/mol. The van der Waals surface area contributed by atoms with Crippen LogP contribution in [0.5, 0.6) is 0 Å². The van der Waals surface area contributed by atoms with Gasteiger partial charge in [-0.25, -0.2) is 0 Å². The molecule has 1 aliphatic carbocycles. The van der Waals surface area contributed by atoms with Crippen molar-refractivity contribution in [2.24, 2.45) is 17.8 Å². The van der Waals surface area contributed by atoms with E-state index in [1.54, 1.807) is 11.8 Å². The van der Waals surface area contributed by atoms with Crippen molar-refractivity contribution in [3.05, 3.63) is 84.7 Å². The van der Waals surface area contributed by atoms with E-state index in [0.29, 0.717) is 12.3 Å². The molecule has 6 rings (SSSR count). The molecule has 0 N–H and O–H groups in total. The first kappa shape index (κ1) is 29.7. The zero-order valence-electron chi connectivity index (χ0n) is 25.1. The summed E-state index contributed by atoms with van der Waals surface area (Å²) in [7, 11) is 0. The van der Waals surface area contributed by atoms with Crippen LogP contribution >= 0.6 is 11.8 Å². The number of esters is 1. The van der Waals surface area contributed by atoms with Crippen molar-refractivity contribution in [1.82, 2.24) is 9.88 Å². The van der Waals surface area contributed by atoms with E-state index in [4.69, 9.17) is 4.74 Å². The van der Waals surface area contributed by atoms with E-state index in [0.717, 1.165) is 70.4 Å². The second-order valence-corrected chi connectivity index (χ2v) is 13.5. The highest BCUT2D eigenvalue weighted by Gasteiger charge is 2.53. The fraction of sp³-hybridized carbons (Fsp3) is 0.472. The molecule has 2 aromatic carbocycles. The highest BCUT2D eigenvalue weighted by atomic mass is 32.2. The summed E-state index contributed by atoms with van der Waals surface area (Å²) in [5, 5.41) is 10.9. The van der Waals surface area contributed by atoms with Crippen LogP contribution in [0.2, 0.25) is 0 Å². The summed E-state index contributed by atoms with van der Waals surface area (Å²) in [5.74, 6) is 0.816. The van der Waals surface area contributed by atoms with Gasteiger partial charge >= 0.3 is 5.97 Å². The van der Waals surface area contributed by atoms with Gasteiger partial charge in [0, 0.05) is 65.8 Å². The van der Waals surface area contributed by atoms with Crippen molar-refractivity contribution in [2.75, 3.05) is 37.6 Å². The third-order valence-electron chi connectivity index (χ3n) is 9.84. The number of nitrogens with zero attached hydrogens (tertiary/aromatic N) is 4. The molecule has 2 aliphatic heterocycles. The fourth-order valence-electron chi connectivity index (χ4n) is 7.64. The number of hydrogen-bond donors (Lipinski definition) is 0. The zero-order chi connectivity index (χ0) is 29.6. The van der Waals surface area contributed by atoms with Crippen molar-refractivity contribution in [2.45, 2.75) is 66.8 Å². The standard InChI is InChI=1S/C36H42N4O2S/c1-2-35(41)42-34-10-6-9-33(34)36(26-37,28-7-4-3-5-8-28)29-17-21-39(22-18-29)23-27-24-40(25-27)30-11-13-31(14-12-30)43-32-15-19-38-20-16-32/h3-5,7-8,11-16,19-20,27,29,33-34H,2,6,9-10,17-18,21-25H2,1H3/t33?,34-,36?/m0/s1. The number of piperidine rings is 1. The van der Waals surface area contributed by atoms with E-state index in [1.165, 1.54) is 15.5 Å². The van der Waals surface area contributed by atoms with E-state index < -0.39 is 5.41 Å². The SMILES string of the molecule is CCC(=O)O[C@H]1CCCC1C(C#N)(c1ccccc1)C1CCN(CC2CN(c3ccc(Sc4ccncc4)cc3)C2)CC1. The number of carbonyl (C=O) groups is 1. The molecule has 1 saturated carbocycles. The molecular formula is C36H42N4O2S. The molecule has 7 heteroatoms. The van der Waals surface area contributed by atoms with Crippen molar-refractivity contribution >= 4 is 23.4 Å². The average Bonchev–Trinajstić information content (AvgIpc) is 3.50. The van der Waals surface area contributed by atoms with Gasteiger partial charge in [0.15, 0.2) is 0 Å². The van der Waals surface area contributed by atoms with Gasteiger partial charge < -0.3 is 14.5 Å². The number of aromatic nitrogens is 1. The maximum Gasteiger partial charge on any atom is 0.305 e. The number of pyridine rings is 1. The van der Waals surface area contributed by atoms with Crippen LogP contribution < -0.4 is 4.90 Å². The lowest BCUT2D eigenvalue weighted by Gasteiger charge is -2.48. The Morgan fingerprint density at radius 2 is 1.67 bits per heavy atom. The number of hydrogen-bond acceptors (Lipinski definition) is 7. The van der Waals surface area contributed by atoms with E-state index in [9.17, 15) is 10.1 Å². The average molecular weight is 595 g/mol. The largest absolute Gasteiger partial charge is 0.462 e. The van der Waals surface area contributed by atoms with Gasteiger partial charge in [-0.05, 0) is 93.1 Å². The zero-order valence-corrected chi connectivity index (χ0v) is 25.9. The third kappa shape index (κ3) is 6.46. The van der Waals surface area contributed by atoms with Gasteiger partial charge in [0.1, 0.15) is 6.10 Å². The molecule has 3 aromatic rings. The minimum Gasteiger partial charge on any atom is -0.462 e. The number of carbonyl (C=O) groups excluding carboxylic acids is 1. The molecule has 3 atom stereocenters. The molecule has 0 radical (unpaired) electrons. The summed E-state index contributed by atoms with van der Waals surface area (Å²) >= 11 is 1.76. The lowest BCUT2D eigenvalue weighted by atomic mass is 9.59. The Morgan fingerprint density at radius 1 is 0.977 bits per heavy atom. The van der Waals surface area contributed by atoms with Crippen molar-refractivity contribution in [3.63, 3.8) is 0 Å². The van der Waals surface area contributed by atoms with Gasteiger partial charge in [0.2, 0.25) is 0 Å². The first-order valence-electron chi connectivity index (χ1n) is 15.9. The van der Waals surface area contributed by atoms with Crippen LogP contribution in [0.15, 0.2) is 88.9 Å². The molecule has 0 spiro atoms. The van der Waals surface area contributed by atoms with Gasteiger partial charge in [-0.1, -0.05) is 49.0 Å². The normalized spacial score (nSPS) is 22.8. The minimum absolute atomic E-state index is 0.0432. The van der Waals surface area contributed by atoms with E-state index in [2.05, 4.69) is 57.3 Å². The van der Waals surface area contributed by atoms with Crippen LogP contribution in [0.4, 0.5) is 5.69 Å². The van der Waals surface area contributed by atoms with Crippen molar-refractivity contribution in [3.8, 4) is 6.07 Å². The summed E-state index contributed by atoms with van der Waals surface area (Å²) < 4.78 is 5.96. The third-order valence-corrected chi connectivity index (χ3v) is 10.9. The Balaban J connectivity index is 1.05. The Hall–Kier alpha value is -3.34. The predicted octanol–water partition coefficient (Wildman–Crippen LogP) is 6.96. The van der Waals surface area contributed by atoms with Gasteiger partial charge in [0.05, 0.1) is 11.5 Å². The van der Waals surface area contributed by atoms with Crippen LogP contribution in [0.1, 0.15) is 51.0 Å². The van der Waals surface area contributed by atoms with Crippen molar-refractivity contribution < 1.29 is 9.53 Å². The number of nitriles is 1. The summed E-state index contributed by atoms with van der Waals surface area (Å²) in [5.41, 5.74) is 1.77.